The average molecular weight is 351 g/mol. The summed E-state index contributed by atoms with van der Waals surface area (Å²) in [6.45, 7) is 6.92. The molecule has 2 aromatic heterocycles. The molecule has 3 rings (SSSR count). The van der Waals surface area contributed by atoms with Gasteiger partial charge in [0.2, 0.25) is 0 Å². The Morgan fingerprint density at radius 3 is 3.00 bits per heavy atom. The van der Waals surface area contributed by atoms with Gasteiger partial charge in [-0.2, -0.15) is 0 Å². The molecule has 8 heteroatoms. The van der Waals surface area contributed by atoms with Gasteiger partial charge in [0.15, 0.2) is 4.34 Å². The number of hydrogen-bond acceptors (Lipinski definition) is 8. The summed E-state index contributed by atoms with van der Waals surface area (Å²) in [6.07, 6.45) is 2.42. The van der Waals surface area contributed by atoms with Crippen molar-refractivity contribution in [2.75, 3.05) is 30.7 Å². The van der Waals surface area contributed by atoms with Crippen molar-refractivity contribution in [3.8, 4) is 0 Å². The highest BCUT2D eigenvalue weighted by Gasteiger charge is 2.17. The smallest absolute Gasteiger partial charge is 0.174 e. The molecule has 1 fully saturated rings. The molecule has 6 nitrogen and oxygen atoms in total. The van der Waals surface area contributed by atoms with E-state index in [2.05, 4.69) is 36.9 Å². The first kappa shape index (κ1) is 16.6. The number of anilines is 1. The predicted octanol–water partition coefficient (Wildman–Crippen LogP) is 2.62. The fourth-order valence-corrected chi connectivity index (χ4v) is 4.39. The highest BCUT2D eigenvalue weighted by Crippen LogP contribution is 2.24. The van der Waals surface area contributed by atoms with Crippen LogP contribution in [0.5, 0.6) is 0 Å². The van der Waals surface area contributed by atoms with Gasteiger partial charge < -0.3 is 10.6 Å². The van der Waals surface area contributed by atoms with Gasteiger partial charge in [0.05, 0.1) is 5.69 Å². The lowest BCUT2D eigenvalue weighted by atomic mass is 9.96. The predicted molar refractivity (Wildman–Crippen MR) is 95.5 cm³/mol. The SMILES string of the molecule is Cc1nc(NCCSc2nnc(C)s2)cc(C2CCCNC2)n1. The van der Waals surface area contributed by atoms with E-state index in [-0.39, 0.29) is 0 Å². The molecule has 1 unspecified atom stereocenters. The van der Waals surface area contributed by atoms with Gasteiger partial charge in [-0.3, -0.25) is 0 Å². The van der Waals surface area contributed by atoms with Crippen LogP contribution in [0.3, 0.4) is 0 Å². The Labute approximate surface area is 144 Å². The molecule has 2 aromatic rings. The van der Waals surface area contributed by atoms with Crippen molar-refractivity contribution in [1.29, 1.82) is 0 Å². The lowest BCUT2D eigenvalue weighted by molar-refractivity contribution is 0.453. The minimum Gasteiger partial charge on any atom is -0.369 e. The second-order valence-electron chi connectivity index (χ2n) is 5.63. The van der Waals surface area contributed by atoms with Crippen LogP contribution in [0.4, 0.5) is 5.82 Å². The maximum Gasteiger partial charge on any atom is 0.174 e. The van der Waals surface area contributed by atoms with Crippen molar-refractivity contribution in [3.63, 3.8) is 0 Å². The van der Waals surface area contributed by atoms with E-state index in [4.69, 9.17) is 0 Å². The number of nitrogens with one attached hydrogen (secondary N) is 2. The summed E-state index contributed by atoms with van der Waals surface area (Å²) >= 11 is 3.36. The first-order valence-corrected chi connectivity index (χ1v) is 9.74. The van der Waals surface area contributed by atoms with E-state index in [0.717, 1.165) is 52.1 Å². The number of aryl methyl sites for hydroxylation is 2. The van der Waals surface area contributed by atoms with Crippen LogP contribution < -0.4 is 10.6 Å². The molecule has 1 aliphatic heterocycles. The normalized spacial score (nSPS) is 18.1. The van der Waals surface area contributed by atoms with E-state index in [1.165, 1.54) is 12.8 Å². The van der Waals surface area contributed by atoms with Crippen molar-refractivity contribution in [2.24, 2.45) is 0 Å². The average Bonchev–Trinajstić information content (AvgIpc) is 2.97. The second-order valence-corrected chi connectivity index (χ2v) is 8.15. The fourth-order valence-electron chi connectivity index (χ4n) is 2.65. The molecule has 0 radical (unpaired) electrons. The second kappa shape index (κ2) is 8.03. The molecule has 0 aliphatic carbocycles. The molecule has 0 saturated carbocycles. The van der Waals surface area contributed by atoms with Crippen LogP contribution in [0, 0.1) is 13.8 Å². The summed E-state index contributed by atoms with van der Waals surface area (Å²) in [6, 6.07) is 2.10. The number of aromatic nitrogens is 4. The van der Waals surface area contributed by atoms with Gasteiger partial charge in [0.1, 0.15) is 16.6 Å². The third-order valence-corrected chi connectivity index (χ3v) is 5.69. The third kappa shape index (κ3) is 4.86. The number of hydrogen-bond donors (Lipinski definition) is 2. The zero-order valence-electron chi connectivity index (χ0n) is 13.5. The van der Waals surface area contributed by atoms with Crippen molar-refractivity contribution in [3.05, 3.63) is 22.6 Å². The summed E-state index contributed by atoms with van der Waals surface area (Å²) in [5.74, 6) is 3.21. The van der Waals surface area contributed by atoms with Gasteiger partial charge in [0, 0.05) is 30.8 Å². The summed E-state index contributed by atoms with van der Waals surface area (Å²) in [7, 11) is 0. The molecule has 1 aliphatic rings. The lowest BCUT2D eigenvalue weighted by Crippen LogP contribution is -2.29. The fraction of sp³-hybridized carbons (Fsp3) is 0.600. The van der Waals surface area contributed by atoms with Crippen LogP contribution in [-0.2, 0) is 0 Å². The molecule has 0 amide bonds. The van der Waals surface area contributed by atoms with Crippen LogP contribution in [0.25, 0.3) is 0 Å². The van der Waals surface area contributed by atoms with Crippen LogP contribution in [0.2, 0.25) is 0 Å². The molecule has 124 valence electrons. The van der Waals surface area contributed by atoms with Gasteiger partial charge in [-0.25, -0.2) is 9.97 Å². The molecule has 1 atom stereocenters. The van der Waals surface area contributed by atoms with Gasteiger partial charge in [0.25, 0.3) is 0 Å². The van der Waals surface area contributed by atoms with Gasteiger partial charge in [-0.05, 0) is 33.2 Å². The van der Waals surface area contributed by atoms with Crippen LogP contribution in [0.1, 0.15) is 35.3 Å². The highest BCUT2D eigenvalue weighted by atomic mass is 32.2. The Balaban J connectivity index is 1.53. The molecular weight excluding hydrogens is 328 g/mol. The molecule has 1 saturated heterocycles. The van der Waals surface area contributed by atoms with E-state index in [1.807, 2.05) is 13.8 Å². The molecule has 2 N–H and O–H groups in total. The van der Waals surface area contributed by atoms with Crippen molar-refractivity contribution < 1.29 is 0 Å². The Hall–Kier alpha value is -1.25. The molecule has 0 bridgehead atoms. The monoisotopic (exact) mass is 350 g/mol. The number of piperidine rings is 1. The Morgan fingerprint density at radius 2 is 2.26 bits per heavy atom. The Kier molecular flexibility index (Phi) is 5.80. The maximum atomic E-state index is 4.62. The van der Waals surface area contributed by atoms with E-state index >= 15 is 0 Å². The third-order valence-electron chi connectivity index (χ3n) is 3.71. The highest BCUT2D eigenvalue weighted by molar-refractivity contribution is 8.01. The first-order chi connectivity index (χ1) is 11.2. The number of nitrogens with zero attached hydrogens (tertiary/aromatic N) is 4. The minimum atomic E-state index is 0.504. The van der Waals surface area contributed by atoms with E-state index in [9.17, 15) is 0 Å². The van der Waals surface area contributed by atoms with Gasteiger partial charge in [-0.15, -0.1) is 10.2 Å². The summed E-state index contributed by atoms with van der Waals surface area (Å²) < 4.78 is 1.03. The summed E-state index contributed by atoms with van der Waals surface area (Å²) in [5.41, 5.74) is 1.15. The minimum absolute atomic E-state index is 0.504. The Morgan fingerprint density at radius 1 is 1.35 bits per heavy atom. The molecule has 0 aromatic carbocycles. The van der Waals surface area contributed by atoms with Crippen molar-refractivity contribution in [2.45, 2.75) is 36.9 Å². The first-order valence-electron chi connectivity index (χ1n) is 7.94. The van der Waals surface area contributed by atoms with E-state index in [1.54, 1.807) is 23.1 Å². The quantitative estimate of drug-likeness (QED) is 0.612. The van der Waals surface area contributed by atoms with Crippen LogP contribution in [0.15, 0.2) is 10.4 Å². The van der Waals surface area contributed by atoms with E-state index in [0.29, 0.717) is 5.92 Å². The molecular formula is C15H22N6S2. The van der Waals surface area contributed by atoms with E-state index < -0.39 is 0 Å². The van der Waals surface area contributed by atoms with Gasteiger partial charge in [-0.1, -0.05) is 23.1 Å². The number of rotatable bonds is 6. The molecule has 23 heavy (non-hydrogen) atoms. The Bertz CT molecular complexity index is 639. The van der Waals surface area contributed by atoms with Crippen LogP contribution in [-0.4, -0.2) is 45.6 Å². The lowest BCUT2D eigenvalue weighted by Gasteiger charge is -2.22. The largest absolute Gasteiger partial charge is 0.369 e. The molecule has 3 heterocycles. The zero-order chi connectivity index (χ0) is 16.1. The van der Waals surface area contributed by atoms with Crippen molar-refractivity contribution in [1.82, 2.24) is 25.5 Å². The topological polar surface area (TPSA) is 75.6 Å². The number of thioether (sulfide) groups is 1. The summed E-state index contributed by atoms with van der Waals surface area (Å²) in [4.78, 5) is 9.12. The standard InChI is InChI=1S/C15H22N6S2/c1-10-18-13(12-4-3-5-16-9-12)8-14(19-10)17-6-7-22-15-21-20-11(2)23-15/h8,12,16H,3-7,9H2,1-2H3,(H,17,18,19). The summed E-state index contributed by atoms with van der Waals surface area (Å²) in [5, 5.41) is 16.0. The van der Waals surface area contributed by atoms with Crippen molar-refractivity contribution >= 4 is 28.9 Å². The van der Waals surface area contributed by atoms with Crippen LogP contribution >= 0.6 is 23.1 Å². The zero-order valence-corrected chi connectivity index (χ0v) is 15.1. The molecule has 0 spiro atoms. The maximum absolute atomic E-state index is 4.62. The van der Waals surface area contributed by atoms with Gasteiger partial charge >= 0.3 is 0 Å².